The molecule has 0 unspecified atom stereocenters. The van der Waals surface area contributed by atoms with Crippen LogP contribution in [0.2, 0.25) is 0 Å². The fourth-order valence-electron chi connectivity index (χ4n) is 4.63. The second-order valence-corrected chi connectivity index (χ2v) is 9.09. The predicted molar refractivity (Wildman–Crippen MR) is 148 cm³/mol. The van der Waals surface area contributed by atoms with Crippen molar-refractivity contribution in [1.82, 2.24) is 19.9 Å². The summed E-state index contributed by atoms with van der Waals surface area (Å²) in [4.78, 5) is 23.0. The molecule has 5 rings (SSSR count). The molecule has 0 saturated carbocycles. The van der Waals surface area contributed by atoms with Crippen LogP contribution in [0, 0.1) is 0 Å². The quantitative estimate of drug-likeness (QED) is 0.326. The highest BCUT2D eigenvalue weighted by atomic mass is 32.1. The van der Waals surface area contributed by atoms with Gasteiger partial charge >= 0.3 is 0 Å². The van der Waals surface area contributed by atoms with Crippen LogP contribution < -0.4 is 20.3 Å². The van der Waals surface area contributed by atoms with E-state index < -0.39 is 0 Å². The molecule has 1 aromatic carbocycles. The van der Waals surface area contributed by atoms with Crippen molar-refractivity contribution in [2.24, 2.45) is 0 Å². The molecule has 188 valence electrons. The lowest BCUT2D eigenvalue weighted by Gasteiger charge is -2.29. The Morgan fingerprint density at radius 2 is 2.03 bits per heavy atom. The van der Waals surface area contributed by atoms with Crippen molar-refractivity contribution < 1.29 is 9.53 Å². The summed E-state index contributed by atoms with van der Waals surface area (Å²) in [6, 6.07) is 19.4. The van der Waals surface area contributed by atoms with Gasteiger partial charge in [-0.15, -0.1) is 0 Å². The number of pyridine rings is 2. The summed E-state index contributed by atoms with van der Waals surface area (Å²) in [5, 5.41) is 6.98. The molecular formula is C28H28N6O2S. The molecule has 3 aromatic heterocycles. The number of carbonyl (C=O) groups is 1. The van der Waals surface area contributed by atoms with Crippen LogP contribution in [0.4, 0.5) is 11.4 Å². The Balaban J connectivity index is 1.58. The number of hydrogen-bond acceptors (Lipinski definition) is 5. The van der Waals surface area contributed by atoms with Crippen molar-refractivity contribution in [3.8, 4) is 5.75 Å². The highest BCUT2D eigenvalue weighted by Crippen LogP contribution is 2.43. The summed E-state index contributed by atoms with van der Waals surface area (Å²) in [7, 11) is 1.59. The van der Waals surface area contributed by atoms with Crippen LogP contribution in [-0.4, -0.2) is 32.7 Å². The smallest absolute Gasteiger partial charge is 0.224 e. The largest absolute Gasteiger partial charge is 0.494 e. The highest BCUT2D eigenvalue weighted by molar-refractivity contribution is 7.80. The molecule has 0 radical (unpaired) electrons. The number of benzene rings is 1. The minimum absolute atomic E-state index is 0.0780. The van der Waals surface area contributed by atoms with Gasteiger partial charge in [0.2, 0.25) is 5.91 Å². The summed E-state index contributed by atoms with van der Waals surface area (Å²) in [6.45, 7) is 2.49. The number of hydrogen-bond donors (Lipinski definition) is 2. The first-order valence-electron chi connectivity index (χ1n) is 12.1. The molecule has 1 amide bonds. The molecule has 1 fully saturated rings. The number of amides is 1. The standard InChI is InChI=1S/C28H28N6O2S/c1-3-25(35)31-21-12-11-20(16-24(21)36-2)34-27(26(32-28(34)37)22-9-4-5-14-30-22)23-10-7-15-33(23)18-19-8-6-13-29-17-19/h4-17,26-27H,3,18H2,1-2H3,(H,31,35)(H,32,37)/t26-,27+/m1/s1. The molecule has 37 heavy (non-hydrogen) atoms. The van der Waals surface area contributed by atoms with Gasteiger partial charge in [-0.1, -0.05) is 19.1 Å². The van der Waals surface area contributed by atoms with E-state index >= 15 is 0 Å². The topological polar surface area (TPSA) is 84.3 Å². The molecule has 1 aliphatic rings. The van der Waals surface area contributed by atoms with Crippen molar-refractivity contribution in [2.75, 3.05) is 17.3 Å². The van der Waals surface area contributed by atoms with E-state index in [2.05, 4.69) is 48.4 Å². The van der Waals surface area contributed by atoms with E-state index in [1.54, 1.807) is 19.5 Å². The fourth-order valence-corrected chi connectivity index (χ4v) is 4.98. The van der Waals surface area contributed by atoms with Gasteiger partial charge in [-0.05, 0) is 60.2 Å². The monoisotopic (exact) mass is 512 g/mol. The maximum Gasteiger partial charge on any atom is 0.224 e. The van der Waals surface area contributed by atoms with E-state index in [0.717, 1.165) is 22.6 Å². The molecule has 0 bridgehead atoms. The summed E-state index contributed by atoms with van der Waals surface area (Å²) in [5.41, 5.74) is 4.54. The van der Waals surface area contributed by atoms with Crippen molar-refractivity contribution >= 4 is 34.6 Å². The lowest BCUT2D eigenvalue weighted by Crippen LogP contribution is -2.30. The first-order chi connectivity index (χ1) is 18.1. The first-order valence-corrected chi connectivity index (χ1v) is 12.5. The van der Waals surface area contributed by atoms with Crippen LogP contribution in [0.1, 0.15) is 42.4 Å². The Labute approximate surface area is 221 Å². The molecule has 1 saturated heterocycles. The van der Waals surface area contributed by atoms with Gasteiger partial charge in [0.05, 0.1) is 24.5 Å². The second-order valence-electron chi connectivity index (χ2n) is 8.71. The van der Waals surface area contributed by atoms with Crippen molar-refractivity contribution in [3.63, 3.8) is 0 Å². The average molecular weight is 513 g/mol. The Morgan fingerprint density at radius 1 is 1.14 bits per heavy atom. The fraction of sp³-hybridized carbons (Fsp3) is 0.214. The predicted octanol–water partition coefficient (Wildman–Crippen LogP) is 4.86. The molecule has 2 N–H and O–H groups in total. The summed E-state index contributed by atoms with van der Waals surface area (Å²) in [6.07, 6.45) is 7.90. The Hall–Kier alpha value is -4.24. The third-order valence-corrected chi connectivity index (χ3v) is 6.71. The summed E-state index contributed by atoms with van der Waals surface area (Å²) in [5.74, 6) is 0.485. The Kier molecular flexibility index (Phi) is 7.14. The van der Waals surface area contributed by atoms with Gasteiger partial charge in [0.15, 0.2) is 5.11 Å². The van der Waals surface area contributed by atoms with E-state index in [1.807, 2.05) is 61.7 Å². The van der Waals surface area contributed by atoms with Gasteiger partial charge in [-0.25, -0.2) is 0 Å². The number of methoxy groups -OCH3 is 1. The number of anilines is 2. The van der Waals surface area contributed by atoms with Crippen LogP contribution in [0.5, 0.6) is 5.75 Å². The lowest BCUT2D eigenvalue weighted by molar-refractivity contribution is -0.115. The number of ether oxygens (including phenoxy) is 1. The van der Waals surface area contributed by atoms with Crippen LogP contribution in [0.25, 0.3) is 0 Å². The number of carbonyl (C=O) groups excluding carboxylic acids is 1. The van der Waals surface area contributed by atoms with Gasteiger partial charge in [0.1, 0.15) is 11.8 Å². The SMILES string of the molecule is CCC(=O)Nc1ccc(N2C(=S)N[C@H](c3ccccn3)[C@@H]2c2cccn2Cc2cccnc2)cc1OC. The second kappa shape index (κ2) is 10.8. The summed E-state index contributed by atoms with van der Waals surface area (Å²) < 4.78 is 7.85. The van der Waals surface area contributed by atoms with Gasteiger partial charge in [-0.2, -0.15) is 0 Å². The zero-order valence-corrected chi connectivity index (χ0v) is 21.5. The molecule has 8 nitrogen and oxygen atoms in total. The average Bonchev–Trinajstić information content (AvgIpc) is 3.53. The maximum absolute atomic E-state index is 12.0. The van der Waals surface area contributed by atoms with Crippen LogP contribution in [0.15, 0.2) is 85.5 Å². The van der Waals surface area contributed by atoms with E-state index in [1.165, 1.54) is 0 Å². The third kappa shape index (κ3) is 5.03. The number of aromatic nitrogens is 3. The van der Waals surface area contributed by atoms with Crippen LogP contribution in [0.3, 0.4) is 0 Å². The number of nitrogens with one attached hydrogen (secondary N) is 2. The zero-order chi connectivity index (χ0) is 25.8. The molecule has 4 aromatic rings. The van der Waals surface area contributed by atoms with Crippen molar-refractivity contribution in [1.29, 1.82) is 0 Å². The van der Waals surface area contributed by atoms with E-state index in [9.17, 15) is 4.79 Å². The molecule has 0 aliphatic carbocycles. The number of rotatable bonds is 8. The van der Waals surface area contributed by atoms with Crippen molar-refractivity contribution in [3.05, 3.63) is 102 Å². The number of nitrogens with zero attached hydrogens (tertiary/aromatic N) is 4. The normalized spacial score (nSPS) is 16.9. The Morgan fingerprint density at radius 3 is 2.76 bits per heavy atom. The van der Waals surface area contributed by atoms with Crippen LogP contribution in [-0.2, 0) is 11.3 Å². The molecule has 9 heteroatoms. The van der Waals surface area contributed by atoms with Crippen molar-refractivity contribution in [2.45, 2.75) is 32.0 Å². The van der Waals surface area contributed by atoms with Gasteiger partial charge < -0.3 is 24.8 Å². The molecule has 0 spiro atoms. The van der Waals surface area contributed by atoms with Crippen LogP contribution >= 0.6 is 12.2 Å². The molecule has 1 aliphatic heterocycles. The van der Waals surface area contributed by atoms with Gasteiger partial charge in [0.25, 0.3) is 0 Å². The van der Waals surface area contributed by atoms with E-state index in [0.29, 0.717) is 29.5 Å². The third-order valence-electron chi connectivity index (χ3n) is 6.40. The van der Waals surface area contributed by atoms with E-state index in [4.69, 9.17) is 17.0 Å². The maximum atomic E-state index is 12.0. The number of thiocarbonyl (C=S) groups is 1. The lowest BCUT2D eigenvalue weighted by atomic mass is 10.0. The minimum Gasteiger partial charge on any atom is -0.494 e. The Bertz CT molecular complexity index is 1390. The minimum atomic E-state index is -0.185. The molecule has 4 heterocycles. The molecular weight excluding hydrogens is 484 g/mol. The first kappa shape index (κ1) is 24.5. The summed E-state index contributed by atoms with van der Waals surface area (Å²) >= 11 is 5.88. The highest BCUT2D eigenvalue weighted by Gasteiger charge is 2.42. The van der Waals surface area contributed by atoms with Gasteiger partial charge in [0, 0.05) is 55.2 Å². The van der Waals surface area contributed by atoms with Gasteiger partial charge in [-0.3, -0.25) is 14.8 Å². The molecule has 2 atom stereocenters. The zero-order valence-electron chi connectivity index (χ0n) is 20.7. The van der Waals surface area contributed by atoms with E-state index in [-0.39, 0.29) is 18.0 Å².